The lowest BCUT2D eigenvalue weighted by Crippen LogP contribution is -2.14. The van der Waals surface area contributed by atoms with Gasteiger partial charge >= 0.3 is 17.9 Å². The first-order valence-corrected chi connectivity index (χ1v) is 20.4. The van der Waals surface area contributed by atoms with E-state index < -0.39 is 11.9 Å². The van der Waals surface area contributed by atoms with Crippen LogP contribution in [0.4, 0.5) is 0 Å². The van der Waals surface area contributed by atoms with Crippen LogP contribution in [0.15, 0.2) is 48.7 Å². The number of rotatable bonds is 20. The molecule has 320 valence electrons. The number of unbranched alkanes of at least 4 members (excludes halogenated alkanes) is 3. The third-order valence-electron chi connectivity index (χ3n) is 9.14. The second-order valence-corrected chi connectivity index (χ2v) is 13.6. The Balaban J connectivity index is 0.000000275. The van der Waals surface area contributed by atoms with Crippen molar-refractivity contribution in [2.45, 2.75) is 120 Å². The van der Waals surface area contributed by atoms with Gasteiger partial charge in [-0.25, -0.2) is 19.1 Å². The van der Waals surface area contributed by atoms with Gasteiger partial charge in [0, 0.05) is 44.2 Å². The van der Waals surface area contributed by atoms with Crippen molar-refractivity contribution < 1.29 is 38.1 Å². The van der Waals surface area contributed by atoms with E-state index in [9.17, 15) is 19.2 Å². The SMILES string of the molecule is CCOC(=O)c1c(C#CCCCn2nc(C)cc2C(=O)OCc2ccccc2)c(C)nn1CC.CCOC(=O)c1c(CCCCCn2nc(C)cc2OC=O)cnn1CC. The van der Waals surface area contributed by atoms with Crippen molar-refractivity contribution in [3.05, 3.63) is 99.5 Å². The first kappa shape index (κ1) is 46.2. The fourth-order valence-corrected chi connectivity index (χ4v) is 6.37. The van der Waals surface area contributed by atoms with E-state index in [0.29, 0.717) is 92.9 Å². The molecule has 4 aromatic heterocycles. The van der Waals surface area contributed by atoms with Crippen LogP contribution in [-0.2, 0) is 58.2 Å². The van der Waals surface area contributed by atoms with Crippen LogP contribution in [0.2, 0.25) is 0 Å². The summed E-state index contributed by atoms with van der Waals surface area (Å²) in [7, 11) is 0. The Bertz CT molecular complexity index is 2240. The number of hydrogen-bond acceptors (Lipinski definition) is 12. The maximum absolute atomic E-state index is 12.6. The molecule has 0 amide bonds. The highest BCUT2D eigenvalue weighted by Gasteiger charge is 2.22. The van der Waals surface area contributed by atoms with Crippen molar-refractivity contribution in [3.63, 3.8) is 0 Å². The molecule has 0 aliphatic rings. The van der Waals surface area contributed by atoms with Crippen LogP contribution in [0, 0.1) is 32.6 Å². The molecule has 0 saturated carbocycles. The van der Waals surface area contributed by atoms with Gasteiger partial charge in [-0.1, -0.05) is 48.6 Å². The molecule has 1 aromatic carbocycles. The number of carbonyl (C=O) groups is 4. The zero-order valence-corrected chi connectivity index (χ0v) is 35.7. The van der Waals surface area contributed by atoms with Gasteiger partial charge in [0.15, 0.2) is 5.69 Å². The Morgan fingerprint density at radius 2 is 1.38 bits per heavy atom. The van der Waals surface area contributed by atoms with Gasteiger partial charge in [-0.2, -0.15) is 20.4 Å². The van der Waals surface area contributed by atoms with Crippen LogP contribution in [0.25, 0.3) is 0 Å². The Kier molecular flexibility index (Phi) is 18.3. The molecule has 0 radical (unpaired) electrons. The second-order valence-electron chi connectivity index (χ2n) is 13.6. The van der Waals surface area contributed by atoms with E-state index in [-0.39, 0.29) is 12.6 Å². The predicted molar refractivity (Wildman–Crippen MR) is 222 cm³/mol. The van der Waals surface area contributed by atoms with Crippen molar-refractivity contribution in [3.8, 4) is 17.7 Å². The highest BCUT2D eigenvalue weighted by molar-refractivity contribution is 5.91. The molecule has 0 unspecified atom stereocenters. The monoisotopic (exact) mass is 824 g/mol. The molecular formula is C44H56N8O8. The first-order chi connectivity index (χ1) is 29.0. The highest BCUT2D eigenvalue weighted by Crippen LogP contribution is 2.18. The fraction of sp³-hybridized carbons (Fsp3) is 0.455. The molecule has 5 aromatic rings. The van der Waals surface area contributed by atoms with Gasteiger partial charge in [0.25, 0.3) is 6.47 Å². The summed E-state index contributed by atoms with van der Waals surface area (Å²) in [4.78, 5) is 47.6. The summed E-state index contributed by atoms with van der Waals surface area (Å²) in [5.74, 6) is 5.54. The van der Waals surface area contributed by atoms with Crippen molar-refractivity contribution in [1.29, 1.82) is 0 Å². The minimum Gasteiger partial charge on any atom is -0.461 e. The topological polar surface area (TPSA) is 176 Å². The molecule has 16 heteroatoms. The normalized spacial score (nSPS) is 10.6. The van der Waals surface area contributed by atoms with Gasteiger partial charge in [0.2, 0.25) is 5.88 Å². The lowest BCUT2D eigenvalue weighted by atomic mass is 10.1. The number of aryl methyl sites for hydroxylation is 8. The van der Waals surface area contributed by atoms with E-state index in [1.165, 1.54) is 0 Å². The largest absolute Gasteiger partial charge is 0.461 e. The van der Waals surface area contributed by atoms with Crippen molar-refractivity contribution >= 4 is 24.4 Å². The average Bonchev–Trinajstić information content (AvgIpc) is 4.01. The smallest absolute Gasteiger partial charge is 0.357 e. The van der Waals surface area contributed by atoms with Crippen LogP contribution >= 0.6 is 0 Å². The number of esters is 3. The van der Waals surface area contributed by atoms with E-state index in [1.807, 2.05) is 65.0 Å². The van der Waals surface area contributed by atoms with Gasteiger partial charge in [0.1, 0.15) is 18.0 Å². The number of nitrogens with zero attached hydrogens (tertiary/aromatic N) is 8. The summed E-state index contributed by atoms with van der Waals surface area (Å²) < 4.78 is 27.4. The van der Waals surface area contributed by atoms with Gasteiger partial charge < -0.3 is 18.9 Å². The summed E-state index contributed by atoms with van der Waals surface area (Å²) in [6.07, 6.45) is 6.55. The van der Waals surface area contributed by atoms with Gasteiger partial charge in [-0.05, 0) is 85.8 Å². The second kappa shape index (κ2) is 23.8. The molecule has 0 fully saturated rings. The number of ether oxygens (including phenoxy) is 4. The summed E-state index contributed by atoms with van der Waals surface area (Å²) in [6, 6.07) is 13.0. The third-order valence-corrected chi connectivity index (χ3v) is 9.14. The molecule has 4 heterocycles. The number of hydrogen-bond donors (Lipinski definition) is 0. The van der Waals surface area contributed by atoms with Crippen LogP contribution in [0.5, 0.6) is 5.88 Å². The lowest BCUT2D eigenvalue weighted by Gasteiger charge is -2.08. The summed E-state index contributed by atoms with van der Waals surface area (Å²) in [5, 5.41) is 17.4. The lowest BCUT2D eigenvalue weighted by molar-refractivity contribution is -0.121. The maximum Gasteiger partial charge on any atom is 0.357 e. The quantitative estimate of drug-likeness (QED) is 0.0270. The molecule has 16 nitrogen and oxygen atoms in total. The van der Waals surface area contributed by atoms with E-state index >= 15 is 0 Å². The summed E-state index contributed by atoms with van der Waals surface area (Å²) >= 11 is 0. The Hall–Kier alpha value is -6.50. The van der Waals surface area contributed by atoms with Gasteiger partial charge in [-0.15, -0.1) is 0 Å². The molecule has 0 bridgehead atoms. The average molecular weight is 825 g/mol. The summed E-state index contributed by atoms with van der Waals surface area (Å²) in [5.41, 5.74) is 6.07. The predicted octanol–water partition coefficient (Wildman–Crippen LogP) is 6.61. The fourth-order valence-electron chi connectivity index (χ4n) is 6.37. The van der Waals surface area contributed by atoms with Gasteiger partial charge in [0.05, 0.1) is 42.1 Å². The zero-order valence-electron chi connectivity index (χ0n) is 35.7. The molecule has 0 atom stereocenters. The van der Waals surface area contributed by atoms with E-state index in [0.717, 1.165) is 48.2 Å². The molecule has 0 saturated heterocycles. The van der Waals surface area contributed by atoms with Gasteiger partial charge in [-0.3, -0.25) is 18.8 Å². The van der Waals surface area contributed by atoms with Crippen LogP contribution < -0.4 is 4.74 Å². The number of aromatic nitrogens is 8. The first-order valence-electron chi connectivity index (χ1n) is 20.4. The Morgan fingerprint density at radius 3 is 2.07 bits per heavy atom. The Morgan fingerprint density at radius 1 is 0.717 bits per heavy atom. The summed E-state index contributed by atoms with van der Waals surface area (Å²) in [6.45, 7) is 16.6. The maximum atomic E-state index is 12.6. The molecule has 0 spiro atoms. The zero-order chi connectivity index (χ0) is 43.4. The molecule has 0 aliphatic heterocycles. The third kappa shape index (κ3) is 13.0. The standard InChI is InChI=1S/C26H30N4O4.C18H26N4O4/c1-5-29-24(26(32)33-6-2)22(20(4)28-29)15-11-8-12-16-30-23(17-19(3)27-30)25(31)34-18-21-13-9-7-10-14-21;1-4-21-17(18(24)25-5-2)15(12-19-21)9-7-6-8-10-22-16(26-13-23)11-14(3)20-22/h7,9-10,13-14,17H,5-6,8,12,16,18H2,1-4H3;11-13H,4-10H2,1-3H3. The van der Waals surface area contributed by atoms with Crippen molar-refractivity contribution in [2.24, 2.45) is 0 Å². The van der Waals surface area contributed by atoms with Crippen molar-refractivity contribution in [2.75, 3.05) is 13.2 Å². The molecule has 60 heavy (non-hydrogen) atoms. The molecule has 0 aliphatic carbocycles. The number of carbonyl (C=O) groups excluding carboxylic acids is 4. The minimum atomic E-state index is -0.417. The van der Waals surface area contributed by atoms with Crippen LogP contribution in [-0.4, -0.2) is 76.7 Å². The Labute approximate surface area is 351 Å². The number of benzene rings is 1. The molecule has 5 rings (SSSR count). The van der Waals surface area contributed by atoms with Crippen LogP contribution in [0.3, 0.4) is 0 Å². The highest BCUT2D eigenvalue weighted by atomic mass is 16.5. The minimum absolute atomic E-state index is 0.211. The van der Waals surface area contributed by atoms with E-state index in [1.54, 1.807) is 50.9 Å². The van der Waals surface area contributed by atoms with E-state index in [4.69, 9.17) is 18.9 Å². The van der Waals surface area contributed by atoms with Crippen molar-refractivity contribution in [1.82, 2.24) is 39.1 Å². The van der Waals surface area contributed by atoms with Crippen LogP contribution in [0.1, 0.15) is 125 Å². The van der Waals surface area contributed by atoms with E-state index in [2.05, 4.69) is 32.2 Å². The molecule has 0 N–H and O–H groups in total. The molecular weight excluding hydrogens is 769 g/mol.